The molecule has 9 heteroatoms. The molecular weight excluding hydrogens is 442 g/mol. The van der Waals surface area contributed by atoms with Crippen molar-refractivity contribution in [1.29, 1.82) is 0 Å². The molecule has 0 radical (unpaired) electrons. The molecule has 1 aliphatic rings. The van der Waals surface area contributed by atoms with Crippen molar-refractivity contribution in [3.05, 3.63) is 55.0 Å². The summed E-state index contributed by atoms with van der Waals surface area (Å²) in [6.07, 6.45) is 3.42. The van der Waals surface area contributed by atoms with Crippen LogP contribution in [0.5, 0.6) is 5.75 Å². The monoisotopic (exact) mass is 474 g/mol. The van der Waals surface area contributed by atoms with Crippen molar-refractivity contribution in [1.82, 2.24) is 29.5 Å². The smallest absolute Gasteiger partial charge is 0.322 e. The Labute approximate surface area is 208 Å². The molecule has 0 bridgehead atoms. The number of carbonyl (C=O) groups excluding carboxylic acids is 1. The van der Waals surface area contributed by atoms with Crippen molar-refractivity contribution in [3.8, 4) is 28.3 Å². The summed E-state index contributed by atoms with van der Waals surface area (Å²) in [6.45, 7) is 0.491. The number of rotatable bonds is 4. The first-order valence-electron chi connectivity index (χ1n) is 12.9. The zero-order chi connectivity index (χ0) is 27.0. The summed E-state index contributed by atoms with van der Waals surface area (Å²) in [6, 6.07) is 12.8. The van der Waals surface area contributed by atoms with E-state index in [1.54, 1.807) is 15.6 Å². The first-order chi connectivity index (χ1) is 18.2. The Morgan fingerprint density at radius 2 is 2.00 bits per heavy atom. The fourth-order valence-electron chi connectivity index (χ4n) is 4.48. The number of benzene rings is 2. The number of carbonyl (C=O) groups is 1. The molecule has 1 aliphatic heterocycles. The third-order valence-corrected chi connectivity index (χ3v) is 6.22. The summed E-state index contributed by atoms with van der Waals surface area (Å²) in [5.74, 6) is 0.457. The largest absolute Gasteiger partial charge is 0.494 e. The van der Waals surface area contributed by atoms with Crippen LogP contribution in [-0.4, -0.2) is 75.3 Å². The Kier molecular flexibility index (Phi) is 5.16. The number of piperazine rings is 1. The Bertz CT molecular complexity index is 1470. The first-order valence-corrected chi connectivity index (χ1v) is 11.4. The van der Waals surface area contributed by atoms with E-state index in [9.17, 15) is 4.79 Å². The van der Waals surface area contributed by atoms with Gasteiger partial charge in [0.25, 0.3) is 0 Å². The van der Waals surface area contributed by atoms with E-state index in [1.807, 2.05) is 56.6 Å². The maximum Gasteiger partial charge on any atom is 0.322 e. The second-order valence-electron chi connectivity index (χ2n) is 8.64. The van der Waals surface area contributed by atoms with Gasteiger partial charge in [-0.2, -0.15) is 5.10 Å². The number of fused-ring (bicyclic) bond motifs is 1. The molecule has 4 aromatic rings. The SMILES string of the molecule is [2H]C([2H])([2H])N1CCN(C(=O)Nc2cc3c(-c4cn(C)nc4-c4ccccc4)ncnc3cc2OC)[C@@H](C)C1. The van der Waals surface area contributed by atoms with Crippen LogP contribution in [0, 0.1) is 0 Å². The maximum absolute atomic E-state index is 13.3. The molecule has 1 saturated heterocycles. The van der Waals surface area contributed by atoms with Gasteiger partial charge in [0.1, 0.15) is 17.8 Å². The molecule has 1 fully saturated rings. The highest BCUT2D eigenvalue weighted by Gasteiger charge is 2.27. The van der Waals surface area contributed by atoms with Gasteiger partial charge in [0.15, 0.2) is 0 Å². The molecule has 5 rings (SSSR count). The summed E-state index contributed by atoms with van der Waals surface area (Å²) >= 11 is 0. The molecule has 0 saturated carbocycles. The number of methoxy groups -OCH3 is 1. The van der Waals surface area contributed by atoms with E-state index in [4.69, 9.17) is 8.85 Å². The Morgan fingerprint density at radius 3 is 2.74 bits per heavy atom. The van der Waals surface area contributed by atoms with Crippen LogP contribution in [0.3, 0.4) is 0 Å². The Hall–Kier alpha value is -3.98. The van der Waals surface area contributed by atoms with Gasteiger partial charge in [0.05, 0.1) is 24.0 Å². The van der Waals surface area contributed by atoms with Crippen molar-refractivity contribution in [2.24, 2.45) is 7.05 Å². The molecule has 2 aromatic heterocycles. The van der Waals surface area contributed by atoms with Gasteiger partial charge in [-0.15, -0.1) is 0 Å². The summed E-state index contributed by atoms with van der Waals surface area (Å²) in [5.41, 5.74) is 4.39. The van der Waals surface area contributed by atoms with Crippen LogP contribution < -0.4 is 10.1 Å². The first kappa shape index (κ1) is 19.3. The number of likely N-dealkylation sites (N-methyl/N-ethyl adjacent to an activating group) is 1. The number of hydrogen-bond donors (Lipinski definition) is 1. The maximum atomic E-state index is 13.3. The molecule has 0 spiro atoms. The van der Waals surface area contributed by atoms with Crippen LogP contribution in [0.1, 0.15) is 11.0 Å². The van der Waals surface area contributed by atoms with Gasteiger partial charge in [-0.3, -0.25) is 4.68 Å². The highest BCUT2D eigenvalue weighted by molar-refractivity contribution is 6.01. The number of nitrogens with zero attached hydrogens (tertiary/aromatic N) is 6. The molecule has 180 valence electrons. The van der Waals surface area contributed by atoms with Crippen molar-refractivity contribution in [2.75, 3.05) is 39.0 Å². The minimum atomic E-state index is -2.18. The molecule has 1 N–H and O–H groups in total. The Morgan fingerprint density at radius 1 is 1.17 bits per heavy atom. The fraction of sp³-hybridized carbons (Fsp3) is 0.308. The molecule has 1 atom stereocenters. The van der Waals surface area contributed by atoms with Crippen molar-refractivity contribution >= 4 is 22.6 Å². The highest BCUT2D eigenvalue weighted by Crippen LogP contribution is 2.37. The molecule has 2 amide bonds. The van der Waals surface area contributed by atoms with Crippen molar-refractivity contribution < 1.29 is 13.6 Å². The number of aromatic nitrogens is 4. The number of nitrogens with one attached hydrogen (secondary N) is 1. The number of hydrogen-bond acceptors (Lipinski definition) is 6. The van der Waals surface area contributed by atoms with E-state index in [2.05, 4.69) is 20.4 Å². The average Bonchev–Trinajstić information content (AvgIpc) is 3.29. The molecule has 0 aliphatic carbocycles. The average molecular weight is 475 g/mol. The topological polar surface area (TPSA) is 88.4 Å². The van der Waals surface area contributed by atoms with Gasteiger partial charge in [0, 0.05) is 65.6 Å². The quantitative estimate of drug-likeness (QED) is 0.483. The lowest BCUT2D eigenvalue weighted by Gasteiger charge is -2.38. The summed E-state index contributed by atoms with van der Waals surface area (Å²) in [7, 11) is 3.40. The minimum Gasteiger partial charge on any atom is -0.494 e. The van der Waals surface area contributed by atoms with Crippen LogP contribution >= 0.6 is 0 Å². The van der Waals surface area contributed by atoms with Crippen LogP contribution in [-0.2, 0) is 7.05 Å². The molecule has 2 aromatic carbocycles. The van der Waals surface area contributed by atoms with Crippen molar-refractivity contribution in [2.45, 2.75) is 13.0 Å². The lowest BCUT2D eigenvalue weighted by atomic mass is 10.0. The summed E-state index contributed by atoms with van der Waals surface area (Å²) in [4.78, 5) is 25.4. The predicted molar refractivity (Wildman–Crippen MR) is 136 cm³/mol. The number of urea groups is 1. The number of ether oxygens (including phenoxy) is 1. The lowest BCUT2D eigenvalue weighted by Crippen LogP contribution is -2.53. The van der Waals surface area contributed by atoms with Gasteiger partial charge >= 0.3 is 6.03 Å². The van der Waals surface area contributed by atoms with Gasteiger partial charge in [-0.1, -0.05) is 30.3 Å². The summed E-state index contributed by atoms with van der Waals surface area (Å²) in [5, 5.41) is 8.37. The van der Waals surface area contributed by atoms with E-state index in [-0.39, 0.29) is 25.2 Å². The van der Waals surface area contributed by atoms with Crippen LogP contribution in [0.4, 0.5) is 10.5 Å². The zero-order valence-corrected chi connectivity index (χ0v) is 19.9. The second-order valence-corrected chi connectivity index (χ2v) is 8.64. The van der Waals surface area contributed by atoms with Gasteiger partial charge in [-0.05, 0) is 20.0 Å². The normalized spacial score (nSPS) is 18.1. The van der Waals surface area contributed by atoms with E-state index in [1.165, 1.54) is 18.3 Å². The van der Waals surface area contributed by atoms with E-state index in [0.29, 0.717) is 29.2 Å². The molecule has 35 heavy (non-hydrogen) atoms. The predicted octanol–water partition coefficient (Wildman–Crippen LogP) is 3.87. The van der Waals surface area contributed by atoms with Crippen LogP contribution in [0.25, 0.3) is 33.4 Å². The third-order valence-electron chi connectivity index (χ3n) is 6.22. The molecular formula is C26H29N7O2. The lowest BCUT2D eigenvalue weighted by molar-refractivity contribution is 0.125. The van der Waals surface area contributed by atoms with Gasteiger partial charge in [-0.25, -0.2) is 14.8 Å². The number of aryl methyl sites for hydroxylation is 1. The molecule has 0 unspecified atom stereocenters. The number of amides is 2. The standard InChI is InChI=1S/C26H29N7O2/c1-17-14-31(2)10-11-33(17)26(34)29-22-12-19-21(13-23(22)35-4)27-16-28-25(19)20-15-32(3)30-24(20)18-8-6-5-7-9-18/h5-9,12-13,15-17H,10-11,14H2,1-4H3,(H,29,34)/t17-/m0/s1/i2D3. The molecule has 9 nitrogen and oxygen atoms in total. The van der Waals surface area contributed by atoms with Gasteiger partial charge < -0.3 is 19.9 Å². The van der Waals surface area contributed by atoms with Gasteiger partial charge in [0.2, 0.25) is 0 Å². The van der Waals surface area contributed by atoms with E-state index < -0.39 is 6.98 Å². The second kappa shape index (κ2) is 9.34. The van der Waals surface area contributed by atoms with Crippen LogP contribution in [0.15, 0.2) is 55.0 Å². The zero-order valence-electron chi connectivity index (χ0n) is 22.9. The number of anilines is 1. The minimum absolute atomic E-state index is 0.264. The highest BCUT2D eigenvalue weighted by atomic mass is 16.5. The van der Waals surface area contributed by atoms with E-state index >= 15 is 0 Å². The third kappa shape index (κ3) is 4.42. The molecule has 3 heterocycles. The van der Waals surface area contributed by atoms with Crippen LogP contribution in [0.2, 0.25) is 0 Å². The van der Waals surface area contributed by atoms with Crippen molar-refractivity contribution in [3.63, 3.8) is 0 Å². The summed E-state index contributed by atoms with van der Waals surface area (Å²) < 4.78 is 30.3. The fourth-order valence-corrected chi connectivity index (χ4v) is 4.48. The van der Waals surface area contributed by atoms with E-state index in [0.717, 1.165) is 22.2 Å². The Balaban J connectivity index is 1.51.